The second kappa shape index (κ2) is 8.86. The maximum absolute atomic E-state index is 12.6. The molecule has 0 aliphatic heterocycles. The Kier molecular flexibility index (Phi) is 6.07. The van der Waals surface area contributed by atoms with Gasteiger partial charge in [-0.2, -0.15) is 0 Å². The third-order valence-corrected chi connectivity index (χ3v) is 4.57. The predicted molar refractivity (Wildman–Crippen MR) is 106 cm³/mol. The second-order valence-corrected chi connectivity index (χ2v) is 6.51. The Morgan fingerprint density at radius 2 is 1.54 bits per heavy atom. The highest BCUT2D eigenvalue weighted by molar-refractivity contribution is 5.88. The predicted octanol–water partition coefficient (Wildman–Crippen LogP) is 3.93. The largest absolute Gasteiger partial charge is 0.508 e. The van der Waals surface area contributed by atoms with Crippen LogP contribution in [0, 0.1) is 0 Å². The highest BCUT2D eigenvalue weighted by atomic mass is 16.4. The molecule has 0 unspecified atom stereocenters. The van der Waals surface area contributed by atoms with Gasteiger partial charge in [0, 0.05) is 24.4 Å². The first-order valence-electron chi connectivity index (χ1n) is 8.96. The number of aromatic carboxylic acids is 1. The molecule has 3 aromatic carbocycles. The molecule has 5 heteroatoms. The number of aromatic hydroxyl groups is 1. The molecule has 0 heterocycles. The molecule has 0 bridgehead atoms. The molecule has 0 radical (unpaired) electrons. The zero-order valence-corrected chi connectivity index (χ0v) is 15.2. The maximum atomic E-state index is 12.6. The standard InChI is InChI=1S/C23H21NO4/c25-21-12-11-18(23(27)28)13-20(21)19(17-9-5-2-6-10-17)14-22(26)24-15-16-7-3-1-4-8-16/h1-13,19,25H,14-15H2,(H,24,26)(H,27,28)/t19-/m1/s1. The summed E-state index contributed by atoms with van der Waals surface area (Å²) in [5, 5.41) is 22.5. The highest BCUT2D eigenvalue weighted by Crippen LogP contribution is 2.34. The van der Waals surface area contributed by atoms with Gasteiger partial charge in [-0.05, 0) is 29.3 Å². The van der Waals surface area contributed by atoms with Crippen molar-refractivity contribution in [3.63, 3.8) is 0 Å². The summed E-state index contributed by atoms with van der Waals surface area (Å²) < 4.78 is 0. The summed E-state index contributed by atoms with van der Waals surface area (Å²) >= 11 is 0. The molecule has 5 nitrogen and oxygen atoms in total. The molecule has 0 aliphatic rings. The summed E-state index contributed by atoms with van der Waals surface area (Å²) in [7, 11) is 0. The summed E-state index contributed by atoms with van der Waals surface area (Å²) in [5.74, 6) is -1.76. The van der Waals surface area contributed by atoms with Crippen molar-refractivity contribution in [3.8, 4) is 5.75 Å². The molecule has 1 atom stereocenters. The lowest BCUT2D eigenvalue weighted by atomic mass is 9.86. The third kappa shape index (κ3) is 4.76. The van der Waals surface area contributed by atoms with Crippen molar-refractivity contribution in [2.24, 2.45) is 0 Å². The molecule has 0 aromatic heterocycles. The van der Waals surface area contributed by atoms with Crippen LogP contribution in [0.1, 0.15) is 39.4 Å². The molecule has 0 spiro atoms. The number of hydrogen-bond donors (Lipinski definition) is 3. The highest BCUT2D eigenvalue weighted by Gasteiger charge is 2.22. The van der Waals surface area contributed by atoms with Crippen LogP contribution < -0.4 is 5.32 Å². The molecule has 0 saturated heterocycles. The Morgan fingerprint density at radius 1 is 0.893 bits per heavy atom. The monoisotopic (exact) mass is 375 g/mol. The van der Waals surface area contributed by atoms with E-state index in [2.05, 4.69) is 5.32 Å². The molecule has 142 valence electrons. The van der Waals surface area contributed by atoms with Crippen molar-refractivity contribution in [1.29, 1.82) is 0 Å². The first kappa shape index (κ1) is 19.2. The van der Waals surface area contributed by atoms with E-state index in [9.17, 15) is 19.8 Å². The van der Waals surface area contributed by atoms with Crippen LogP contribution in [0.15, 0.2) is 78.9 Å². The Labute approximate surface area is 163 Å². The lowest BCUT2D eigenvalue weighted by Gasteiger charge is -2.19. The van der Waals surface area contributed by atoms with Gasteiger partial charge in [-0.3, -0.25) is 4.79 Å². The van der Waals surface area contributed by atoms with Crippen LogP contribution in [-0.4, -0.2) is 22.1 Å². The molecule has 0 saturated carbocycles. The number of carbonyl (C=O) groups is 2. The smallest absolute Gasteiger partial charge is 0.335 e. The lowest BCUT2D eigenvalue weighted by Crippen LogP contribution is -2.25. The SMILES string of the molecule is O=C(C[C@H](c1ccccc1)c1cc(C(=O)O)ccc1O)NCc1ccccc1. The summed E-state index contributed by atoms with van der Waals surface area (Å²) in [4.78, 5) is 23.9. The van der Waals surface area contributed by atoms with Crippen LogP contribution in [0.5, 0.6) is 5.75 Å². The molecule has 3 N–H and O–H groups in total. The molecule has 3 rings (SSSR count). The van der Waals surface area contributed by atoms with Crippen LogP contribution in [0.3, 0.4) is 0 Å². The fraction of sp³-hybridized carbons (Fsp3) is 0.130. The van der Waals surface area contributed by atoms with E-state index >= 15 is 0 Å². The van der Waals surface area contributed by atoms with Crippen molar-refractivity contribution < 1.29 is 19.8 Å². The second-order valence-electron chi connectivity index (χ2n) is 6.51. The Hall–Kier alpha value is -3.60. The van der Waals surface area contributed by atoms with Crippen molar-refractivity contribution in [2.45, 2.75) is 18.9 Å². The Balaban J connectivity index is 1.85. The van der Waals surface area contributed by atoms with Gasteiger partial charge in [-0.15, -0.1) is 0 Å². The zero-order chi connectivity index (χ0) is 19.9. The first-order valence-corrected chi connectivity index (χ1v) is 8.96. The van der Waals surface area contributed by atoms with Crippen molar-refractivity contribution in [3.05, 3.63) is 101 Å². The maximum Gasteiger partial charge on any atom is 0.335 e. The van der Waals surface area contributed by atoms with Crippen LogP contribution >= 0.6 is 0 Å². The normalized spacial score (nSPS) is 11.6. The fourth-order valence-electron chi connectivity index (χ4n) is 3.11. The van der Waals surface area contributed by atoms with Crippen LogP contribution in [0.4, 0.5) is 0 Å². The van der Waals surface area contributed by atoms with E-state index < -0.39 is 11.9 Å². The summed E-state index contributed by atoms with van der Waals surface area (Å²) in [6.45, 7) is 0.405. The number of amides is 1. The minimum Gasteiger partial charge on any atom is -0.508 e. The molecule has 1 amide bonds. The van der Waals surface area contributed by atoms with E-state index in [0.29, 0.717) is 12.1 Å². The molecular formula is C23H21NO4. The average Bonchev–Trinajstić information content (AvgIpc) is 2.72. The van der Waals surface area contributed by atoms with Gasteiger partial charge >= 0.3 is 5.97 Å². The number of phenols is 1. The fourth-order valence-corrected chi connectivity index (χ4v) is 3.11. The summed E-state index contributed by atoms with van der Waals surface area (Å²) in [6.07, 6.45) is 0.0908. The number of benzene rings is 3. The quantitative estimate of drug-likeness (QED) is 0.584. The van der Waals surface area contributed by atoms with Crippen molar-refractivity contribution in [2.75, 3.05) is 0 Å². The average molecular weight is 375 g/mol. The van der Waals surface area contributed by atoms with E-state index in [1.54, 1.807) is 0 Å². The number of carboxylic acid groups (broad SMARTS) is 1. The minimum absolute atomic E-state index is 0.0327. The van der Waals surface area contributed by atoms with Gasteiger partial charge in [-0.1, -0.05) is 60.7 Å². The van der Waals surface area contributed by atoms with Gasteiger partial charge in [0.1, 0.15) is 5.75 Å². The number of rotatable bonds is 7. The minimum atomic E-state index is -1.08. The Morgan fingerprint density at radius 3 is 2.18 bits per heavy atom. The molecule has 3 aromatic rings. The van der Waals surface area contributed by atoms with Gasteiger partial charge in [0.2, 0.25) is 5.91 Å². The lowest BCUT2D eigenvalue weighted by molar-refractivity contribution is -0.121. The number of hydrogen-bond acceptors (Lipinski definition) is 3. The van der Waals surface area contributed by atoms with Gasteiger partial charge < -0.3 is 15.5 Å². The summed E-state index contributed by atoms with van der Waals surface area (Å²) in [5.41, 5.74) is 2.30. The first-order chi connectivity index (χ1) is 13.5. The van der Waals surface area contributed by atoms with Gasteiger partial charge in [0.05, 0.1) is 5.56 Å². The van der Waals surface area contributed by atoms with E-state index in [-0.39, 0.29) is 23.6 Å². The Bertz CT molecular complexity index is 955. The number of carboxylic acids is 1. The molecule has 0 aliphatic carbocycles. The van der Waals surface area contributed by atoms with E-state index in [1.807, 2.05) is 60.7 Å². The topological polar surface area (TPSA) is 86.6 Å². The molecule has 28 heavy (non-hydrogen) atoms. The number of phenolic OH excluding ortho intramolecular Hbond substituents is 1. The van der Waals surface area contributed by atoms with E-state index in [1.165, 1.54) is 18.2 Å². The van der Waals surface area contributed by atoms with Crippen molar-refractivity contribution in [1.82, 2.24) is 5.32 Å². The van der Waals surface area contributed by atoms with E-state index in [0.717, 1.165) is 11.1 Å². The van der Waals surface area contributed by atoms with Gasteiger partial charge in [-0.25, -0.2) is 4.79 Å². The van der Waals surface area contributed by atoms with Crippen molar-refractivity contribution >= 4 is 11.9 Å². The molecule has 0 fully saturated rings. The number of carbonyl (C=O) groups excluding carboxylic acids is 1. The zero-order valence-electron chi connectivity index (χ0n) is 15.2. The number of nitrogens with one attached hydrogen (secondary N) is 1. The van der Waals surface area contributed by atoms with Crippen LogP contribution in [0.25, 0.3) is 0 Å². The van der Waals surface area contributed by atoms with Gasteiger partial charge in [0.25, 0.3) is 0 Å². The van der Waals surface area contributed by atoms with Crippen LogP contribution in [-0.2, 0) is 11.3 Å². The summed E-state index contributed by atoms with van der Waals surface area (Å²) in [6, 6.07) is 23.0. The third-order valence-electron chi connectivity index (χ3n) is 4.57. The van der Waals surface area contributed by atoms with E-state index in [4.69, 9.17) is 0 Å². The molecular weight excluding hydrogens is 354 g/mol. The van der Waals surface area contributed by atoms with Gasteiger partial charge in [0.15, 0.2) is 0 Å². The van der Waals surface area contributed by atoms with Crippen LogP contribution in [0.2, 0.25) is 0 Å².